The lowest BCUT2D eigenvalue weighted by atomic mass is 9.94. The highest BCUT2D eigenvalue weighted by atomic mass is 16.5. The summed E-state index contributed by atoms with van der Waals surface area (Å²) in [5.74, 6) is 0.297. The zero-order valence-corrected chi connectivity index (χ0v) is 10.7. The molecule has 1 aromatic carbocycles. The third kappa shape index (κ3) is 2.75. The van der Waals surface area contributed by atoms with E-state index in [0.29, 0.717) is 6.61 Å². The Hall–Kier alpha value is -1.15. The third-order valence-electron chi connectivity index (χ3n) is 3.59. The summed E-state index contributed by atoms with van der Waals surface area (Å²) in [5, 5.41) is 0. The molecule has 1 aromatic rings. The summed E-state index contributed by atoms with van der Waals surface area (Å²) >= 11 is 0. The maximum atomic E-state index is 12.2. The first-order valence-corrected chi connectivity index (χ1v) is 6.37. The van der Waals surface area contributed by atoms with Crippen molar-refractivity contribution in [1.82, 2.24) is 0 Å². The first-order valence-electron chi connectivity index (χ1n) is 6.37. The van der Waals surface area contributed by atoms with E-state index in [-0.39, 0.29) is 11.7 Å². The van der Waals surface area contributed by atoms with Gasteiger partial charge < -0.3 is 4.74 Å². The van der Waals surface area contributed by atoms with Gasteiger partial charge in [-0.15, -0.1) is 0 Å². The van der Waals surface area contributed by atoms with Crippen molar-refractivity contribution in [3.63, 3.8) is 0 Å². The minimum absolute atomic E-state index is 0.0504. The van der Waals surface area contributed by atoms with Gasteiger partial charge in [-0.1, -0.05) is 19.1 Å². The Morgan fingerprint density at radius 1 is 1.35 bits per heavy atom. The molecule has 1 unspecified atom stereocenters. The van der Waals surface area contributed by atoms with E-state index in [9.17, 15) is 4.79 Å². The zero-order valence-electron chi connectivity index (χ0n) is 10.7. The van der Waals surface area contributed by atoms with Gasteiger partial charge >= 0.3 is 0 Å². The molecular formula is C15H20O2. The van der Waals surface area contributed by atoms with E-state index in [2.05, 4.69) is 12.1 Å². The normalized spacial score (nSPS) is 15.6. The van der Waals surface area contributed by atoms with Crippen LogP contribution in [0.2, 0.25) is 0 Å². The summed E-state index contributed by atoms with van der Waals surface area (Å²) in [5.41, 5.74) is 3.66. The Morgan fingerprint density at radius 2 is 2.12 bits per heavy atom. The maximum absolute atomic E-state index is 12.2. The molecule has 0 N–H and O–H groups in total. The number of fused-ring (bicyclic) bond motifs is 1. The van der Waals surface area contributed by atoms with Crippen LogP contribution in [0.25, 0.3) is 0 Å². The summed E-state index contributed by atoms with van der Waals surface area (Å²) in [6.45, 7) is 2.63. The molecule has 0 aliphatic heterocycles. The van der Waals surface area contributed by atoms with Crippen LogP contribution in [0.1, 0.15) is 41.3 Å². The molecule has 17 heavy (non-hydrogen) atoms. The number of benzene rings is 1. The number of rotatable bonds is 5. The van der Waals surface area contributed by atoms with Gasteiger partial charge in [0.15, 0.2) is 5.78 Å². The van der Waals surface area contributed by atoms with Gasteiger partial charge in [-0.25, -0.2) is 0 Å². The molecule has 2 nitrogen and oxygen atoms in total. The molecule has 1 aliphatic carbocycles. The summed E-state index contributed by atoms with van der Waals surface area (Å²) in [6.07, 6.45) is 4.32. The van der Waals surface area contributed by atoms with Crippen LogP contribution in [0.4, 0.5) is 0 Å². The molecular weight excluding hydrogens is 212 g/mol. The lowest BCUT2D eigenvalue weighted by Gasteiger charge is -2.11. The average molecular weight is 232 g/mol. The van der Waals surface area contributed by atoms with Crippen LogP contribution in [-0.4, -0.2) is 19.5 Å². The highest BCUT2D eigenvalue weighted by Crippen LogP contribution is 2.24. The molecule has 2 heteroatoms. The first kappa shape index (κ1) is 12.3. The van der Waals surface area contributed by atoms with Gasteiger partial charge in [-0.2, -0.15) is 0 Å². The summed E-state index contributed by atoms with van der Waals surface area (Å²) in [4.78, 5) is 12.2. The molecule has 0 heterocycles. The van der Waals surface area contributed by atoms with Crippen molar-refractivity contribution in [2.24, 2.45) is 5.92 Å². The minimum atomic E-state index is 0.0504. The Morgan fingerprint density at radius 3 is 2.88 bits per heavy atom. The van der Waals surface area contributed by atoms with E-state index in [1.807, 2.05) is 13.0 Å². The molecule has 0 aromatic heterocycles. The standard InChI is InChI=1S/C15H20O2/c1-11(8-9-17-2)15(16)14-7-6-12-4-3-5-13(12)10-14/h6-7,10-11H,3-5,8-9H2,1-2H3. The van der Waals surface area contributed by atoms with E-state index < -0.39 is 0 Å². The molecule has 1 aliphatic rings. The minimum Gasteiger partial charge on any atom is -0.385 e. The van der Waals surface area contributed by atoms with Crippen LogP contribution in [-0.2, 0) is 17.6 Å². The van der Waals surface area contributed by atoms with E-state index in [1.54, 1.807) is 7.11 Å². The van der Waals surface area contributed by atoms with Crippen molar-refractivity contribution in [3.05, 3.63) is 34.9 Å². The second-order valence-corrected chi connectivity index (χ2v) is 4.88. The summed E-state index contributed by atoms with van der Waals surface area (Å²) in [6, 6.07) is 6.20. The van der Waals surface area contributed by atoms with Crippen molar-refractivity contribution in [1.29, 1.82) is 0 Å². The van der Waals surface area contributed by atoms with Gasteiger partial charge in [0.05, 0.1) is 0 Å². The Labute approximate surface area is 103 Å². The fourth-order valence-electron chi connectivity index (χ4n) is 2.44. The molecule has 0 saturated heterocycles. The number of carbonyl (C=O) groups excluding carboxylic acids is 1. The first-order chi connectivity index (χ1) is 8.22. The third-order valence-corrected chi connectivity index (χ3v) is 3.59. The van der Waals surface area contributed by atoms with Crippen molar-refractivity contribution < 1.29 is 9.53 Å². The molecule has 0 radical (unpaired) electrons. The molecule has 0 fully saturated rings. The number of ketones is 1. The van der Waals surface area contributed by atoms with Crippen LogP contribution in [0, 0.1) is 5.92 Å². The highest BCUT2D eigenvalue weighted by molar-refractivity contribution is 5.97. The number of Topliss-reactive ketones (excluding diaryl/α,β-unsaturated/α-hetero) is 1. The van der Waals surface area contributed by atoms with Gasteiger partial charge in [-0.05, 0) is 42.9 Å². The lowest BCUT2D eigenvalue weighted by molar-refractivity contribution is 0.0893. The van der Waals surface area contributed by atoms with Crippen molar-refractivity contribution in [2.45, 2.75) is 32.6 Å². The summed E-state index contributed by atoms with van der Waals surface area (Å²) < 4.78 is 5.02. The lowest BCUT2D eigenvalue weighted by Crippen LogP contribution is -2.13. The van der Waals surface area contributed by atoms with Gasteiger partial charge in [0, 0.05) is 25.2 Å². The molecule has 0 saturated carbocycles. The monoisotopic (exact) mass is 232 g/mol. The second-order valence-electron chi connectivity index (χ2n) is 4.88. The van der Waals surface area contributed by atoms with Gasteiger partial charge in [0.1, 0.15) is 0 Å². The van der Waals surface area contributed by atoms with Crippen molar-refractivity contribution in [2.75, 3.05) is 13.7 Å². The quantitative estimate of drug-likeness (QED) is 0.729. The smallest absolute Gasteiger partial charge is 0.165 e. The van der Waals surface area contributed by atoms with Crippen molar-refractivity contribution in [3.8, 4) is 0 Å². The molecule has 2 rings (SSSR count). The largest absolute Gasteiger partial charge is 0.385 e. The second kappa shape index (κ2) is 5.46. The number of hydrogen-bond acceptors (Lipinski definition) is 2. The molecule has 0 bridgehead atoms. The number of methoxy groups -OCH3 is 1. The van der Waals surface area contributed by atoms with Crippen molar-refractivity contribution >= 4 is 5.78 Å². The maximum Gasteiger partial charge on any atom is 0.165 e. The fraction of sp³-hybridized carbons (Fsp3) is 0.533. The number of aryl methyl sites for hydroxylation is 2. The number of hydrogen-bond donors (Lipinski definition) is 0. The number of carbonyl (C=O) groups is 1. The summed E-state index contributed by atoms with van der Waals surface area (Å²) in [7, 11) is 1.67. The molecule has 0 spiro atoms. The molecule has 92 valence electrons. The zero-order chi connectivity index (χ0) is 12.3. The van der Waals surface area contributed by atoms with Gasteiger partial charge in [0.25, 0.3) is 0 Å². The van der Waals surface area contributed by atoms with Crippen LogP contribution < -0.4 is 0 Å². The Kier molecular flexibility index (Phi) is 3.95. The average Bonchev–Trinajstić information content (AvgIpc) is 2.81. The Bertz CT molecular complexity index is 409. The van der Waals surface area contributed by atoms with E-state index in [1.165, 1.54) is 24.0 Å². The molecule has 1 atom stereocenters. The SMILES string of the molecule is COCCC(C)C(=O)c1ccc2c(c1)CCC2. The van der Waals surface area contributed by atoms with Crippen LogP contribution in [0.15, 0.2) is 18.2 Å². The van der Waals surface area contributed by atoms with Gasteiger partial charge in [0.2, 0.25) is 0 Å². The van der Waals surface area contributed by atoms with E-state index in [4.69, 9.17) is 4.74 Å². The van der Waals surface area contributed by atoms with Gasteiger partial charge in [-0.3, -0.25) is 4.79 Å². The highest BCUT2D eigenvalue weighted by Gasteiger charge is 2.18. The Balaban J connectivity index is 2.09. The van der Waals surface area contributed by atoms with E-state index in [0.717, 1.165) is 18.4 Å². The van der Waals surface area contributed by atoms with Crippen LogP contribution >= 0.6 is 0 Å². The predicted octanol–water partition coefficient (Wildman–Crippen LogP) is 3.03. The predicted molar refractivity (Wildman–Crippen MR) is 68.5 cm³/mol. The van der Waals surface area contributed by atoms with E-state index >= 15 is 0 Å². The molecule has 0 amide bonds. The topological polar surface area (TPSA) is 26.3 Å². The number of ether oxygens (including phenoxy) is 1. The van der Waals surface area contributed by atoms with Crippen LogP contribution in [0.3, 0.4) is 0 Å². The van der Waals surface area contributed by atoms with Crippen LogP contribution in [0.5, 0.6) is 0 Å². The fourth-order valence-corrected chi connectivity index (χ4v) is 2.44.